The maximum Gasteiger partial charge on any atom is 0.191 e. The van der Waals surface area contributed by atoms with E-state index in [2.05, 4.69) is 76.0 Å². The molecule has 3 rings (SSSR count). The summed E-state index contributed by atoms with van der Waals surface area (Å²) in [6, 6.07) is 8.56. The van der Waals surface area contributed by atoms with Gasteiger partial charge in [0.1, 0.15) is 5.82 Å². The van der Waals surface area contributed by atoms with E-state index in [1.807, 2.05) is 6.20 Å². The number of hydrogen-bond donors (Lipinski definition) is 2. The molecule has 7 heteroatoms. The summed E-state index contributed by atoms with van der Waals surface area (Å²) in [5.41, 5.74) is 1.13. The van der Waals surface area contributed by atoms with Gasteiger partial charge in [-0.1, -0.05) is 19.1 Å². The molecule has 1 aliphatic rings. The van der Waals surface area contributed by atoms with Gasteiger partial charge in [0.2, 0.25) is 0 Å². The first-order valence-corrected chi connectivity index (χ1v) is 11.0. The Labute approximate surface area is 172 Å². The second kappa shape index (κ2) is 10.4. The normalized spacial score (nSPS) is 16.8. The van der Waals surface area contributed by atoms with Gasteiger partial charge in [-0.3, -0.25) is 0 Å². The van der Waals surface area contributed by atoms with Gasteiger partial charge in [-0.15, -0.1) is 11.3 Å². The Hall–Kier alpha value is -2.12. The number of pyridine rings is 1. The largest absolute Gasteiger partial charge is 0.357 e. The molecule has 152 valence electrons. The maximum absolute atomic E-state index is 4.73. The van der Waals surface area contributed by atoms with E-state index >= 15 is 0 Å². The molecule has 6 nitrogen and oxygen atoms in total. The number of anilines is 1. The summed E-state index contributed by atoms with van der Waals surface area (Å²) in [4.78, 5) is 15.5. The van der Waals surface area contributed by atoms with Gasteiger partial charge in [0.25, 0.3) is 0 Å². The quantitative estimate of drug-likeness (QED) is 0.553. The smallest absolute Gasteiger partial charge is 0.191 e. The van der Waals surface area contributed by atoms with Gasteiger partial charge < -0.3 is 20.4 Å². The second-order valence-electron chi connectivity index (χ2n) is 7.31. The highest BCUT2D eigenvalue weighted by Gasteiger charge is 2.15. The summed E-state index contributed by atoms with van der Waals surface area (Å²) in [5, 5.41) is 8.92. The van der Waals surface area contributed by atoms with Crippen LogP contribution in [0.5, 0.6) is 0 Å². The van der Waals surface area contributed by atoms with Gasteiger partial charge >= 0.3 is 0 Å². The van der Waals surface area contributed by atoms with E-state index in [0.717, 1.165) is 56.6 Å². The number of aliphatic imine (C=N–C) groups is 1. The highest BCUT2D eigenvalue weighted by molar-refractivity contribution is 7.10. The van der Waals surface area contributed by atoms with Crippen LogP contribution in [0.2, 0.25) is 0 Å². The molecule has 3 heterocycles. The van der Waals surface area contributed by atoms with E-state index in [9.17, 15) is 0 Å². The number of guanidine groups is 1. The molecule has 1 aliphatic heterocycles. The lowest BCUT2D eigenvalue weighted by molar-refractivity contribution is 0.312. The molecule has 28 heavy (non-hydrogen) atoms. The van der Waals surface area contributed by atoms with Crippen LogP contribution in [-0.2, 0) is 6.54 Å². The first-order valence-electron chi connectivity index (χ1n) is 10.1. The molecule has 2 aromatic heterocycles. The molecule has 0 spiro atoms. The van der Waals surface area contributed by atoms with Crippen LogP contribution in [0.25, 0.3) is 0 Å². The van der Waals surface area contributed by atoms with E-state index < -0.39 is 0 Å². The average molecular weight is 401 g/mol. The van der Waals surface area contributed by atoms with E-state index in [-0.39, 0.29) is 0 Å². The van der Waals surface area contributed by atoms with Crippen molar-refractivity contribution in [3.05, 3.63) is 46.3 Å². The van der Waals surface area contributed by atoms with Crippen molar-refractivity contribution in [2.75, 3.05) is 51.2 Å². The van der Waals surface area contributed by atoms with Crippen LogP contribution in [0.15, 0.2) is 40.8 Å². The van der Waals surface area contributed by atoms with Gasteiger partial charge in [-0.25, -0.2) is 9.98 Å². The molecule has 0 amide bonds. The molecule has 1 fully saturated rings. The third-order valence-electron chi connectivity index (χ3n) is 5.00. The fourth-order valence-corrected chi connectivity index (χ4v) is 3.95. The zero-order valence-electron chi connectivity index (χ0n) is 17.2. The molecular weight excluding hydrogens is 368 g/mol. The third-order valence-corrected chi connectivity index (χ3v) is 6.11. The number of likely N-dealkylation sites (N-methyl/N-ethyl adjacent to an activating group) is 1. The highest BCUT2D eigenvalue weighted by atomic mass is 32.1. The summed E-state index contributed by atoms with van der Waals surface area (Å²) in [5.74, 6) is 2.39. The molecule has 0 aromatic carbocycles. The SMILES string of the molecule is CCNC(=NCc1ccc(N2CCN(C)CC2)nc1)NCC(C)c1cccs1. The molecule has 2 N–H and O–H groups in total. The molecule has 0 saturated carbocycles. The van der Waals surface area contributed by atoms with Crippen molar-refractivity contribution >= 4 is 23.1 Å². The summed E-state index contributed by atoms with van der Waals surface area (Å²) in [6.07, 6.45) is 1.95. The fourth-order valence-electron chi connectivity index (χ4n) is 3.17. The maximum atomic E-state index is 4.73. The standard InChI is InChI=1S/C21H32N6S/c1-4-22-21(24-14-17(2)19-6-5-13-28-19)25-16-18-7-8-20(23-15-18)27-11-9-26(3)10-12-27/h5-8,13,15,17H,4,9-12,14,16H2,1-3H3,(H2,22,24,25). The van der Waals surface area contributed by atoms with Crippen LogP contribution in [0, 0.1) is 0 Å². The van der Waals surface area contributed by atoms with Crippen molar-refractivity contribution in [2.24, 2.45) is 4.99 Å². The second-order valence-corrected chi connectivity index (χ2v) is 8.29. The van der Waals surface area contributed by atoms with Crippen molar-refractivity contribution in [3.8, 4) is 0 Å². The molecule has 1 saturated heterocycles. The summed E-state index contributed by atoms with van der Waals surface area (Å²) in [6.45, 7) is 10.9. The predicted molar refractivity (Wildman–Crippen MR) is 119 cm³/mol. The van der Waals surface area contributed by atoms with Gasteiger partial charge in [0.15, 0.2) is 5.96 Å². The monoisotopic (exact) mass is 400 g/mol. The Bertz CT molecular complexity index is 720. The third kappa shape index (κ3) is 5.94. The van der Waals surface area contributed by atoms with E-state index in [1.54, 1.807) is 11.3 Å². The number of thiophene rings is 1. The fraction of sp³-hybridized carbons (Fsp3) is 0.524. The van der Waals surface area contributed by atoms with Crippen molar-refractivity contribution in [2.45, 2.75) is 26.3 Å². The minimum absolute atomic E-state index is 0.466. The van der Waals surface area contributed by atoms with Crippen LogP contribution in [0.3, 0.4) is 0 Å². The lowest BCUT2D eigenvalue weighted by Crippen LogP contribution is -2.44. The van der Waals surface area contributed by atoms with Crippen molar-refractivity contribution in [1.29, 1.82) is 0 Å². The van der Waals surface area contributed by atoms with Crippen LogP contribution < -0.4 is 15.5 Å². The first kappa shape index (κ1) is 20.6. The summed E-state index contributed by atoms with van der Waals surface area (Å²) >= 11 is 1.80. The number of rotatable bonds is 7. The van der Waals surface area contributed by atoms with Crippen molar-refractivity contribution < 1.29 is 0 Å². The molecule has 0 aliphatic carbocycles. The lowest BCUT2D eigenvalue weighted by atomic mass is 10.1. The zero-order valence-corrected chi connectivity index (χ0v) is 18.0. The van der Waals surface area contributed by atoms with E-state index in [4.69, 9.17) is 4.99 Å². The van der Waals surface area contributed by atoms with Gasteiger partial charge in [0.05, 0.1) is 6.54 Å². The first-order chi connectivity index (χ1) is 13.7. The van der Waals surface area contributed by atoms with Gasteiger partial charge in [-0.05, 0) is 37.0 Å². The van der Waals surface area contributed by atoms with Crippen LogP contribution >= 0.6 is 11.3 Å². The van der Waals surface area contributed by atoms with Gasteiger partial charge in [-0.2, -0.15) is 0 Å². The van der Waals surface area contributed by atoms with E-state index in [1.165, 1.54) is 4.88 Å². The van der Waals surface area contributed by atoms with Crippen molar-refractivity contribution in [3.63, 3.8) is 0 Å². The number of nitrogens with one attached hydrogen (secondary N) is 2. The number of piperazine rings is 1. The van der Waals surface area contributed by atoms with Crippen molar-refractivity contribution in [1.82, 2.24) is 20.5 Å². The Balaban J connectivity index is 1.53. The number of aromatic nitrogens is 1. The Kier molecular flexibility index (Phi) is 7.68. The lowest BCUT2D eigenvalue weighted by Gasteiger charge is -2.33. The Morgan fingerprint density at radius 1 is 1.21 bits per heavy atom. The minimum Gasteiger partial charge on any atom is -0.357 e. The van der Waals surface area contributed by atoms with Crippen LogP contribution in [0.1, 0.15) is 30.2 Å². The Morgan fingerprint density at radius 2 is 2.04 bits per heavy atom. The predicted octanol–water partition coefficient (Wildman–Crippen LogP) is 2.75. The Morgan fingerprint density at radius 3 is 2.68 bits per heavy atom. The highest BCUT2D eigenvalue weighted by Crippen LogP contribution is 2.19. The molecule has 1 unspecified atom stereocenters. The molecule has 2 aromatic rings. The molecule has 0 radical (unpaired) electrons. The van der Waals surface area contributed by atoms with Crippen LogP contribution in [0.4, 0.5) is 5.82 Å². The molecular formula is C21H32N6S. The molecule has 1 atom stereocenters. The van der Waals surface area contributed by atoms with Crippen LogP contribution in [-0.4, -0.2) is 62.2 Å². The minimum atomic E-state index is 0.466. The van der Waals surface area contributed by atoms with E-state index in [0.29, 0.717) is 12.5 Å². The van der Waals surface area contributed by atoms with Gasteiger partial charge in [0, 0.05) is 56.3 Å². The molecule has 0 bridgehead atoms. The average Bonchev–Trinajstić information content (AvgIpc) is 3.26. The summed E-state index contributed by atoms with van der Waals surface area (Å²) in [7, 11) is 2.17. The summed E-state index contributed by atoms with van der Waals surface area (Å²) < 4.78 is 0. The number of nitrogens with zero attached hydrogens (tertiary/aromatic N) is 4. The zero-order chi connectivity index (χ0) is 19.8. The topological polar surface area (TPSA) is 55.8 Å². The number of hydrogen-bond acceptors (Lipinski definition) is 5.